The Balaban J connectivity index is 3.84. The maximum atomic E-state index is 4.90. The van der Waals surface area contributed by atoms with E-state index in [-0.39, 0.29) is 0 Å². The third kappa shape index (κ3) is 6.56. The van der Waals surface area contributed by atoms with E-state index in [4.69, 9.17) is 4.98 Å². The first-order valence-corrected chi connectivity index (χ1v) is 9.04. The van der Waals surface area contributed by atoms with Crippen LogP contribution < -0.4 is 0 Å². The molecule has 0 aliphatic rings. The molecule has 0 unspecified atom stereocenters. The molecule has 0 atom stereocenters. The van der Waals surface area contributed by atoms with Crippen LogP contribution in [0.2, 0.25) is 0 Å². The number of hydrogen-bond acceptors (Lipinski definition) is 1. The van der Waals surface area contributed by atoms with Crippen LogP contribution in [-0.4, -0.2) is 4.98 Å². The van der Waals surface area contributed by atoms with Crippen molar-refractivity contribution < 1.29 is 0 Å². The molecule has 27 heavy (non-hydrogen) atoms. The maximum Gasteiger partial charge on any atom is 0.0715 e. The Bertz CT molecular complexity index is 726. The van der Waals surface area contributed by atoms with E-state index in [1.165, 1.54) is 0 Å². The summed E-state index contributed by atoms with van der Waals surface area (Å²) in [6, 6.07) is 4.19. The van der Waals surface area contributed by atoms with Crippen LogP contribution in [0.1, 0.15) is 37.7 Å². The third-order valence-electron chi connectivity index (χ3n) is 3.68. The summed E-state index contributed by atoms with van der Waals surface area (Å²) in [4.78, 5) is 4.90. The lowest BCUT2D eigenvalue weighted by Gasteiger charge is -2.11. The van der Waals surface area contributed by atoms with Gasteiger partial charge >= 0.3 is 0 Å². The minimum Gasteiger partial charge on any atom is -0.248 e. The van der Waals surface area contributed by atoms with E-state index in [1.807, 2.05) is 69.4 Å². The molecular formula is C26H29N. The van der Waals surface area contributed by atoms with Gasteiger partial charge in [0.2, 0.25) is 0 Å². The SMILES string of the molecule is C=C/C=C(\C=C/C)c1cc(C(/C=C\C)=C/C=C)nc(C(/C=C\C)=C/C=C)c1. The molecule has 0 spiro atoms. The summed E-state index contributed by atoms with van der Waals surface area (Å²) in [6.45, 7) is 17.5. The summed E-state index contributed by atoms with van der Waals surface area (Å²) in [5.41, 5.74) is 5.94. The molecule has 1 heterocycles. The molecule has 138 valence electrons. The molecule has 0 aliphatic heterocycles. The molecular weight excluding hydrogens is 326 g/mol. The number of pyridine rings is 1. The highest BCUT2D eigenvalue weighted by molar-refractivity contribution is 5.83. The fourth-order valence-electron chi connectivity index (χ4n) is 2.61. The highest BCUT2D eigenvalue weighted by Gasteiger charge is 2.09. The monoisotopic (exact) mass is 355 g/mol. The molecule has 0 N–H and O–H groups in total. The molecule has 0 amide bonds. The van der Waals surface area contributed by atoms with Crippen LogP contribution >= 0.6 is 0 Å². The van der Waals surface area contributed by atoms with Crippen LogP contribution in [0.5, 0.6) is 0 Å². The number of nitrogens with zero attached hydrogens (tertiary/aromatic N) is 1. The number of aromatic nitrogens is 1. The van der Waals surface area contributed by atoms with E-state index in [0.717, 1.165) is 33.7 Å². The van der Waals surface area contributed by atoms with Crippen molar-refractivity contribution >= 4 is 16.7 Å². The van der Waals surface area contributed by atoms with Crippen LogP contribution in [-0.2, 0) is 0 Å². The molecule has 0 bridgehead atoms. The second-order valence-corrected chi connectivity index (χ2v) is 5.70. The summed E-state index contributed by atoms with van der Waals surface area (Å²) >= 11 is 0. The van der Waals surface area contributed by atoms with Crippen molar-refractivity contribution in [3.05, 3.63) is 122 Å². The van der Waals surface area contributed by atoms with E-state index in [0.29, 0.717) is 0 Å². The molecule has 0 aromatic carbocycles. The van der Waals surface area contributed by atoms with Crippen molar-refractivity contribution in [1.82, 2.24) is 4.98 Å². The van der Waals surface area contributed by atoms with E-state index >= 15 is 0 Å². The molecule has 1 aromatic heterocycles. The molecule has 0 fully saturated rings. The summed E-state index contributed by atoms with van der Waals surface area (Å²) in [7, 11) is 0. The molecule has 1 aromatic rings. The van der Waals surface area contributed by atoms with Crippen molar-refractivity contribution in [3.8, 4) is 0 Å². The molecule has 0 radical (unpaired) electrons. The van der Waals surface area contributed by atoms with Gasteiger partial charge in [0.05, 0.1) is 11.4 Å². The van der Waals surface area contributed by atoms with Gasteiger partial charge in [0, 0.05) is 0 Å². The fourth-order valence-corrected chi connectivity index (χ4v) is 2.61. The predicted octanol–water partition coefficient (Wildman–Crippen LogP) is 7.52. The second kappa shape index (κ2) is 12.2. The Morgan fingerprint density at radius 3 is 1.41 bits per heavy atom. The predicted molar refractivity (Wildman–Crippen MR) is 123 cm³/mol. The first-order valence-electron chi connectivity index (χ1n) is 9.04. The second-order valence-electron chi connectivity index (χ2n) is 5.70. The summed E-state index contributed by atoms with van der Waals surface area (Å²) < 4.78 is 0. The van der Waals surface area contributed by atoms with Gasteiger partial charge in [0.1, 0.15) is 0 Å². The van der Waals surface area contributed by atoms with Crippen LogP contribution in [0.3, 0.4) is 0 Å². The van der Waals surface area contributed by atoms with Crippen molar-refractivity contribution in [1.29, 1.82) is 0 Å². The van der Waals surface area contributed by atoms with Crippen LogP contribution in [0.4, 0.5) is 0 Å². The first kappa shape index (κ1) is 21.9. The Labute approximate surface area is 164 Å². The van der Waals surface area contributed by atoms with Crippen molar-refractivity contribution in [2.45, 2.75) is 20.8 Å². The Morgan fingerprint density at radius 2 is 1.04 bits per heavy atom. The first-order chi connectivity index (χ1) is 13.1. The lowest BCUT2D eigenvalue weighted by Crippen LogP contribution is -1.97. The zero-order chi connectivity index (χ0) is 20.1. The Hall–Kier alpha value is -3.19. The topological polar surface area (TPSA) is 12.9 Å². The standard InChI is InChI=1S/C26H29N/c1-7-13-21(14-8-2)24-19-25(22(15-9-3)16-10-4)27-26(20-24)23(17-11-5)18-12-6/h7-20H,1,3,5H2,2,4,6H3/b14-8-,16-10-,18-12-,21-13+,22-15+,23-17+. The van der Waals surface area contributed by atoms with E-state index in [2.05, 4.69) is 37.9 Å². The largest absolute Gasteiger partial charge is 0.248 e. The average molecular weight is 356 g/mol. The van der Waals surface area contributed by atoms with Gasteiger partial charge in [-0.05, 0) is 55.2 Å². The number of allylic oxidation sites excluding steroid dienone is 15. The molecule has 1 nitrogen and oxygen atoms in total. The maximum absolute atomic E-state index is 4.90. The van der Waals surface area contributed by atoms with E-state index in [1.54, 1.807) is 18.2 Å². The number of rotatable bonds is 9. The Kier molecular flexibility index (Phi) is 9.88. The minimum atomic E-state index is 0.888. The number of hydrogen-bond donors (Lipinski definition) is 0. The normalized spacial score (nSPS) is 13.7. The van der Waals surface area contributed by atoms with Gasteiger partial charge in [0.25, 0.3) is 0 Å². The zero-order valence-corrected chi connectivity index (χ0v) is 16.7. The molecule has 0 aliphatic carbocycles. The highest BCUT2D eigenvalue weighted by atomic mass is 14.7. The van der Waals surface area contributed by atoms with Crippen molar-refractivity contribution in [2.24, 2.45) is 0 Å². The van der Waals surface area contributed by atoms with Crippen molar-refractivity contribution in [3.63, 3.8) is 0 Å². The van der Waals surface area contributed by atoms with Gasteiger partial charge in [0.15, 0.2) is 0 Å². The zero-order valence-electron chi connectivity index (χ0n) is 16.7. The summed E-state index contributed by atoms with van der Waals surface area (Å²) in [5.74, 6) is 0. The van der Waals surface area contributed by atoms with Crippen LogP contribution in [0, 0.1) is 0 Å². The van der Waals surface area contributed by atoms with Crippen molar-refractivity contribution in [2.75, 3.05) is 0 Å². The smallest absolute Gasteiger partial charge is 0.0715 e. The van der Waals surface area contributed by atoms with Gasteiger partial charge in [-0.2, -0.15) is 0 Å². The Morgan fingerprint density at radius 1 is 0.667 bits per heavy atom. The molecule has 1 heteroatoms. The van der Waals surface area contributed by atoms with Gasteiger partial charge in [-0.3, -0.25) is 0 Å². The molecule has 0 saturated heterocycles. The van der Waals surface area contributed by atoms with E-state index in [9.17, 15) is 0 Å². The minimum absolute atomic E-state index is 0.888. The van der Waals surface area contributed by atoms with Gasteiger partial charge in [-0.15, -0.1) is 0 Å². The fraction of sp³-hybridized carbons (Fsp3) is 0.115. The third-order valence-corrected chi connectivity index (χ3v) is 3.68. The average Bonchev–Trinajstić information content (AvgIpc) is 2.67. The quantitative estimate of drug-likeness (QED) is 0.417. The van der Waals surface area contributed by atoms with Crippen LogP contribution in [0.15, 0.2) is 105 Å². The summed E-state index contributed by atoms with van der Waals surface area (Å²) in [6.07, 6.45) is 23.5. The summed E-state index contributed by atoms with van der Waals surface area (Å²) in [5, 5.41) is 0. The van der Waals surface area contributed by atoms with Gasteiger partial charge < -0.3 is 0 Å². The van der Waals surface area contributed by atoms with Crippen LogP contribution in [0.25, 0.3) is 16.7 Å². The van der Waals surface area contributed by atoms with Gasteiger partial charge in [-0.1, -0.05) is 92.6 Å². The molecule has 1 rings (SSSR count). The highest BCUT2D eigenvalue weighted by Crippen LogP contribution is 2.26. The van der Waals surface area contributed by atoms with E-state index < -0.39 is 0 Å². The van der Waals surface area contributed by atoms with Gasteiger partial charge in [-0.25, -0.2) is 4.98 Å². The lowest BCUT2D eigenvalue weighted by atomic mass is 9.98. The lowest BCUT2D eigenvalue weighted by molar-refractivity contribution is 1.23. The molecule has 0 saturated carbocycles.